The Labute approximate surface area is 245 Å². The Bertz CT molecular complexity index is 1440. The molecule has 0 amide bonds. The monoisotopic (exact) mass is 675 g/mol. The summed E-state index contributed by atoms with van der Waals surface area (Å²) in [6.07, 6.45) is 1.04. The highest BCUT2D eigenvalue weighted by Crippen LogP contribution is 2.28. The number of carbonyl (C=O) groups is 2. The smallest absolute Gasteiger partial charge is 0.352 e. The molecule has 1 fully saturated rings. The molecule has 0 aliphatic carbocycles. The van der Waals surface area contributed by atoms with Crippen molar-refractivity contribution in [2.24, 2.45) is 5.73 Å². The minimum Gasteiger partial charge on any atom is -0.477 e. The van der Waals surface area contributed by atoms with Crippen molar-refractivity contribution in [3.8, 4) is 0 Å². The minimum absolute atomic E-state index is 0.216. The second kappa shape index (κ2) is 14.8. The molecule has 1 aliphatic rings. The van der Waals surface area contributed by atoms with Gasteiger partial charge in [-0.25, -0.2) is 9.59 Å². The Morgan fingerprint density at radius 2 is 1.56 bits per heavy atom. The van der Waals surface area contributed by atoms with Crippen LogP contribution < -0.4 is 11.5 Å². The molecule has 1 aliphatic heterocycles. The number of carboxylic acid groups (broad SMARTS) is 2. The first kappa shape index (κ1) is 30.3. The molecule has 11 heteroatoms. The summed E-state index contributed by atoms with van der Waals surface area (Å²) in [5.74, 6) is -1.80. The van der Waals surface area contributed by atoms with Crippen LogP contribution in [0.2, 0.25) is 0 Å². The van der Waals surface area contributed by atoms with E-state index in [-0.39, 0.29) is 5.69 Å². The normalized spacial score (nSPS) is 13.9. The number of aromatic nitrogens is 1. The molecule has 39 heavy (non-hydrogen) atoms. The van der Waals surface area contributed by atoms with Crippen LogP contribution in [0.15, 0.2) is 87.8 Å². The molecule has 204 valence electrons. The van der Waals surface area contributed by atoms with Gasteiger partial charge >= 0.3 is 11.9 Å². The number of fused-ring (bicyclic) bond motifs is 2. The molecule has 0 radical (unpaired) electrons. The van der Waals surface area contributed by atoms with Crippen LogP contribution in [0.3, 0.4) is 0 Å². The SMILES string of the molecule is NC1CCOC1.Nc1ccccc1.O=C(O)c1cc2ccc(Br)cc2[nH]1.O=C(O)c1cc2ccc(Br)cc2s1. The standard InChI is InChI=1S/C9H6BrNO2.C9H5BrO2S.C6H7N.C4H9NO/c10-6-2-1-5-3-8(9(12)13)11-7(5)4-6;10-6-2-1-5-3-8(9(11)12)13-7(5)4-6;7-6-4-2-1-3-5-6;5-4-1-2-6-3-4/h1-4,11H,(H,12,13);1-4H,(H,11,12);1-5H,7H2;4H,1-3,5H2. The number of nitrogen functional groups attached to an aromatic ring is 1. The number of para-hydroxylation sites is 1. The second-order valence-corrected chi connectivity index (χ2v) is 11.3. The van der Waals surface area contributed by atoms with E-state index in [4.69, 9.17) is 26.4 Å². The largest absolute Gasteiger partial charge is 0.477 e. The molecule has 5 aromatic rings. The van der Waals surface area contributed by atoms with Gasteiger partial charge in [0.05, 0.1) is 6.61 Å². The lowest BCUT2D eigenvalue weighted by atomic mass is 10.2. The number of hydrogen-bond acceptors (Lipinski definition) is 6. The number of aromatic amines is 1. The van der Waals surface area contributed by atoms with Gasteiger partial charge < -0.3 is 31.4 Å². The van der Waals surface area contributed by atoms with E-state index in [2.05, 4.69) is 36.8 Å². The molecule has 1 saturated heterocycles. The second-order valence-electron chi connectivity index (χ2n) is 8.35. The number of rotatable bonds is 2. The molecule has 6 rings (SSSR count). The number of benzene rings is 3. The third-order valence-corrected chi connectivity index (χ3v) is 7.34. The Hall–Kier alpha value is -3.22. The van der Waals surface area contributed by atoms with Gasteiger partial charge in [-0.3, -0.25) is 0 Å². The first-order chi connectivity index (χ1) is 18.6. The third-order valence-electron chi connectivity index (χ3n) is 5.27. The van der Waals surface area contributed by atoms with Crippen LogP contribution in [0.5, 0.6) is 0 Å². The lowest BCUT2D eigenvalue weighted by molar-refractivity contribution is 0.0685. The van der Waals surface area contributed by atoms with E-state index >= 15 is 0 Å². The fourth-order valence-electron chi connectivity index (χ4n) is 3.33. The number of thiophene rings is 1. The number of nitrogens with two attached hydrogens (primary N) is 2. The predicted octanol–water partition coefficient (Wildman–Crippen LogP) is 6.99. The number of nitrogens with one attached hydrogen (secondary N) is 1. The average molecular weight is 677 g/mol. The Morgan fingerprint density at radius 1 is 0.897 bits per heavy atom. The van der Waals surface area contributed by atoms with Crippen molar-refractivity contribution in [2.45, 2.75) is 12.5 Å². The molecule has 0 bridgehead atoms. The molecule has 2 aromatic heterocycles. The van der Waals surface area contributed by atoms with Crippen molar-refractivity contribution in [3.05, 3.63) is 98.4 Å². The van der Waals surface area contributed by atoms with Gasteiger partial charge in [0.15, 0.2) is 0 Å². The quantitative estimate of drug-likeness (QED) is 0.126. The van der Waals surface area contributed by atoms with E-state index in [9.17, 15) is 9.59 Å². The van der Waals surface area contributed by atoms with Gasteiger partial charge in [-0.05, 0) is 60.3 Å². The van der Waals surface area contributed by atoms with Crippen LogP contribution in [0.1, 0.15) is 26.6 Å². The van der Waals surface area contributed by atoms with E-state index < -0.39 is 11.9 Å². The fourth-order valence-corrected chi connectivity index (χ4v) is 5.15. The van der Waals surface area contributed by atoms with Crippen molar-refractivity contribution in [3.63, 3.8) is 0 Å². The topological polar surface area (TPSA) is 152 Å². The average Bonchev–Trinajstić information content (AvgIpc) is 3.65. The minimum atomic E-state index is -0.938. The maximum absolute atomic E-state index is 10.7. The van der Waals surface area contributed by atoms with Gasteiger partial charge in [0.2, 0.25) is 0 Å². The molecule has 8 nitrogen and oxygen atoms in total. The lowest BCUT2D eigenvalue weighted by Gasteiger charge is -1.90. The number of halogens is 2. The summed E-state index contributed by atoms with van der Waals surface area (Å²) in [5, 5.41) is 19.3. The zero-order chi connectivity index (χ0) is 28.4. The van der Waals surface area contributed by atoms with Crippen LogP contribution >= 0.6 is 43.2 Å². The lowest BCUT2D eigenvalue weighted by Crippen LogP contribution is -2.18. The molecule has 7 N–H and O–H groups in total. The Morgan fingerprint density at radius 3 is 2.08 bits per heavy atom. The highest BCUT2D eigenvalue weighted by Gasteiger charge is 2.09. The van der Waals surface area contributed by atoms with E-state index in [1.54, 1.807) is 12.1 Å². The van der Waals surface area contributed by atoms with E-state index in [0.717, 1.165) is 55.3 Å². The molecule has 3 aromatic carbocycles. The van der Waals surface area contributed by atoms with Gasteiger partial charge in [-0.2, -0.15) is 0 Å². The molecule has 0 saturated carbocycles. The molecule has 1 atom stereocenters. The van der Waals surface area contributed by atoms with E-state index in [1.165, 1.54) is 11.3 Å². The predicted molar refractivity (Wildman–Crippen MR) is 164 cm³/mol. The van der Waals surface area contributed by atoms with Crippen molar-refractivity contribution in [2.75, 3.05) is 18.9 Å². The number of carboxylic acids is 2. The van der Waals surface area contributed by atoms with Gasteiger partial charge in [-0.1, -0.05) is 62.2 Å². The van der Waals surface area contributed by atoms with E-state index in [0.29, 0.717) is 10.9 Å². The summed E-state index contributed by atoms with van der Waals surface area (Å²) in [6, 6.07) is 24.4. The zero-order valence-electron chi connectivity index (χ0n) is 20.6. The summed E-state index contributed by atoms with van der Waals surface area (Å²) in [7, 11) is 0. The summed E-state index contributed by atoms with van der Waals surface area (Å²) >= 11 is 7.94. The van der Waals surface area contributed by atoms with Gasteiger partial charge in [0.25, 0.3) is 0 Å². The Balaban J connectivity index is 0.000000151. The van der Waals surface area contributed by atoms with Crippen LogP contribution in [-0.4, -0.2) is 46.4 Å². The van der Waals surface area contributed by atoms with Crippen molar-refractivity contribution >= 4 is 81.8 Å². The maximum atomic E-state index is 10.7. The summed E-state index contributed by atoms with van der Waals surface area (Å²) in [4.78, 5) is 24.5. The molecule has 0 spiro atoms. The third kappa shape index (κ3) is 9.79. The first-order valence-corrected chi connectivity index (χ1v) is 14.1. The van der Waals surface area contributed by atoms with Crippen LogP contribution in [-0.2, 0) is 4.74 Å². The highest BCUT2D eigenvalue weighted by molar-refractivity contribution is 9.10. The van der Waals surface area contributed by atoms with Crippen LogP contribution in [0.25, 0.3) is 21.0 Å². The molecular formula is C28H27Br2N3O5S. The number of H-pyrrole nitrogens is 1. The highest BCUT2D eigenvalue weighted by atomic mass is 79.9. The van der Waals surface area contributed by atoms with Gasteiger partial charge in [0.1, 0.15) is 10.6 Å². The molecule has 1 unspecified atom stereocenters. The van der Waals surface area contributed by atoms with Gasteiger partial charge in [-0.15, -0.1) is 11.3 Å². The number of hydrogen-bond donors (Lipinski definition) is 5. The zero-order valence-corrected chi connectivity index (χ0v) is 24.6. The van der Waals surface area contributed by atoms with Crippen molar-refractivity contribution in [1.82, 2.24) is 4.98 Å². The number of ether oxygens (including phenoxy) is 1. The van der Waals surface area contributed by atoms with Crippen molar-refractivity contribution in [1.29, 1.82) is 0 Å². The summed E-state index contributed by atoms with van der Waals surface area (Å²) in [6.45, 7) is 1.63. The maximum Gasteiger partial charge on any atom is 0.352 e. The van der Waals surface area contributed by atoms with Gasteiger partial charge in [0, 0.05) is 42.9 Å². The number of anilines is 1. The molecule has 3 heterocycles. The summed E-state index contributed by atoms with van der Waals surface area (Å²) < 4.78 is 7.82. The van der Waals surface area contributed by atoms with E-state index in [1.807, 2.05) is 66.7 Å². The molecular weight excluding hydrogens is 650 g/mol. The number of aromatic carboxylic acids is 2. The first-order valence-electron chi connectivity index (χ1n) is 11.7. The van der Waals surface area contributed by atoms with Crippen LogP contribution in [0.4, 0.5) is 5.69 Å². The Kier molecular flexibility index (Phi) is 11.5. The van der Waals surface area contributed by atoms with Crippen molar-refractivity contribution < 1.29 is 24.5 Å². The fraction of sp³-hybridized carbons (Fsp3) is 0.143. The van der Waals surface area contributed by atoms with Crippen LogP contribution in [0, 0.1) is 0 Å². The summed E-state index contributed by atoms with van der Waals surface area (Å²) in [5.41, 5.74) is 12.6.